The normalized spacial score (nSPS) is 16.5. The van der Waals surface area contributed by atoms with Crippen LogP contribution in [-0.4, -0.2) is 50.0 Å². The number of amides is 1. The number of aromatic nitrogens is 1. The fourth-order valence-corrected chi connectivity index (χ4v) is 6.90. The number of halogens is 1. The largest absolute Gasteiger partial charge is 0.383 e. The Labute approximate surface area is 205 Å². The average molecular weight is 553 g/mol. The zero-order chi connectivity index (χ0) is 23.6. The van der Waals surface area contributed by atoms with Gasteiger partial charge >= 0.3 is 0 Å². The predicted molar refractivity (Wildman–Crippen MR) is 133 cm³/mol. The van der Waals surface area contributed by atoms with Crippen molar-refractivity contribution in [2.24, 2.45) is 10.9 Å². The number of rotatable bonds is 6. The van der Waals surface area contributed by atoms with E-state index in [-0.39, 0.29) is 4.90 Å². The number of carbonyl (C=O) groups excluding carboxylic acids is 1. The molecular formula is C23H26BrN3O4S2. The predicted octanol–water partition coefficient (Wildman–Crippen LogP) is 4.27. The summed E-state index contributed by atoms with van der Waals surface area (Å²) in [4.78, 5) is 18.0. The van der Waals surface area contributed by atoms with Crippen LogP contribution in [0, 0.1) is 5.92 Å². The van der Waals surface area contributed by atoms with Crippen LogP contribution in [0.25, 0.3) is 10.2 Å². The van der Waals surface area contributed by atoms with Gasteiger partial charge in [0.2, 0.25) is 10.0 Å². The van der Waals surface area contributed by atoms with Crippen molar-refractivity contribution >= 4 is 53.4 Å². The van der Waals surface area contributed by atoms with E-state index in [0.717, 1.165) is 27.5 Å². The molecule has 0 radical (unpaired) electrons. The minimum atomic E-state index is -3.55. The van der Waals surface area contributed by atoms with E-state index < -0.39 is 15.9 Å². The Morgan fingerprint density at radius 3 is 2.55 bits per heavy atom. The smallest absolute Gasteiger partial charge is 0.279 e. The second-order valence-corrected chi connectivity index (χ2v) is 12.0. The van der Waals surface area contributed by atoms with E-state index in [2.05, 4.69) is 27.8 Å². The monoisotopic (exact) mass is 551 g/mol. The third-order valence-electron chi connectivity index (χ3n) is 5.84. The van der Waals surface area contributed by atoms with Crippen molar-refractivity contribution in [3.63, 3.8) is 0 Å². The van der Waals surface area contributed by atoms with Gasteiger partial charge in [-0.2, -0.15) is 9.30 Å². The third kappa shape index (κ3) is 5.30. The van der Waals surface area contributed by atoms with E-state index in [4.69, 9.17) is 4.74 Å². The van der Waals surface area contributed by atoms with Gasteiger partial charge in [-0.15, -0.1) is 0 Å². The Hall–Kier alpha value is -1.85. The van der Waals surface area contributed by atoms with Crippen LogP contribution in [0.4, 0.5) is 0 Å². The lowest BCUT2D eigenvalue weighted by atomic mass is 10.0. The first-order chi connectivity index (χ1) is 15.8. The van der Waals surface area contributed by atoms with Crippen LogP contribution in [0.3, 0.4) is 0 Å². The van der Waals surface area contributed by atoms with E-state index in [1.807, 2.05) is 22.8 Å². The molecule has 33 heavy (non-hydrogen) atoms. The molecular weight excluding hydrogens is 526 g/mol. The number of fused-ring (bicyclic) bond motifs is 1. The lowest BCUT2D eigenvalue weighted by Crippen LogP contribution is -2.37. The number of thiazole rings is 1. The second-order valence-electron chi connectivity index (χ2n) is 8.17. The van der Waals surface area contributed by atoms with E-state index in [1.165, 1.54) is 39.9 Å². The minimum Gasteiger partial charge on any atom is -0.383 e. The fraction of sp³-hybridized carbons (Fsp3) is 0.391. The Morgan fingerprint density at radius 1 is 1.18 bits per heavy atom. The van der Waals surface area contributed by atoms with Crippen LogP contribution in [0.2, 0.25) is 0 Å². The van der Waals surface area contributed by atoms with Gasteiger partial charge < -0.3 is 9.30 Å². The summed E-state index contributed by atoms with van der Waals surface area (Å²) in [7, 11) is -1.92. The molecule has 0 atom stereocenters. The first-order valence-electron chi connectivity index (χ1n) is 10.8. The zero-order valence-electron chi connectivity index (χ0n) is 18.5. The molecule has 7 nitrogen and oxygen atoms in total. The third-order valence-corrected chi connectivity index (χ3v) is 9.29. The molecule has 0 N–H and O–H groups in total. The van der Waals surface area contributed by atoms with Crippen molar-refractivity contribution in [2.45, 2.75) is 31.2 Å². The van der Waals surface area contributed by atoms with Crippen LogP contribution in [0.1, 0.15) is 30.1 Å². The SMILES string of the molecule is COCCn1c(=NC(=O)c2ccc(S(=O)(=O)N3CCC(C)CC3)cc2)sc2cc(Br)ccc21. The molecule has 176 valence electrons. The van der Waals surface area contributed by atoms with Crippen molar-refractivity contribution in [1.29, 1.82) is 0 Å². The Kier molecular flexibility index (Phi) is 7.49. The maximum atomic E-state index is 12.9. The number of sulfonamides is 1. The molecule has 0 unspecified atom stereocenters. The highest BCUT2D eigenvalue weighted by atomic mass is 79.9. The first-order valence-corrected chi connectivity index (χ1v) is 13.8. The minimum absolute atomic E-state index is 0.204. The molecule has 1 aliphatic heterocycles. The van der Waals surface area contributed by atoms with Crippen molar-refractivity contribution < 1.29 is 17.9 Å². The molecule has 3 aromatic rings. The zero-order valence-corrected chi connectivity index (χ0v) is 21.7. The Morgan fingerprint density at radius 2 is 1.88 bits per heavy atom. The molecule has 4 rings (SSSR count). The summed E-state index contributed by atoms with van der Waals surface area (Å²) < 4.78 is 36.5. The summed E-state index contributed by atoms with van der Waals surface area (Å²) in [6.07, 6.45) is 1.73. The van der Waals surface area contributed by atoms with Gasteiger partial charge in [-0.25, -0.2) is 8.42 Å². The first kappa shape index (κ1) is 24.3. The Bertz CT molecular complexity index is 1320. The number of nitrogens with zero attached hydrogens (tertiary/aromatic N) is 3. The number of methoxy groups -OCH3 is 1. The van der Waals surface area contributed by atoms with Crippen LogP contribution < -0.4 is 4.80 Å². The molecule has 1 amide bonds. The van der Waals surface area contributed by atoms with Crippen molar-refractivity contribution in [1.82, 2.24) is 8.87 Å². The summed E-state index contributed by atoms with van der Waals surface area (Å²) in [5.41, 5.74) is 1.32. The Balaban J connectivity index is 1.62. The maximum absolute atomic E-state index is 12.9. The second kappa shape index (κ2) is 10.2. The summed E-state index contributed by atoms with van der Waals surface area (Å²) in [5.74, 6) is 0.127. The standard InChI is InChI=1S/C23H26BrN3O4S2/c1-16-9-11-26(12-10-16)33(29,30)19-6-3-17(4-7-19)22(28)25-23-27(13-14-31-2)20-8-5-18(24)15-21(20)32-23/h3-8,15-16H,9-14H2,1-2H3. The molecule has 0 spiro atoms. The van der Waals surface area contributed by atoms with Gasteiger partial charge in [0.1, 0.15) is 0 Å². The average Bonchev–Trinajstić information content (AvgIpc) is 3.13. The molecule has 2 heterocycles. The molecule has 1 fully saturated rings. The lowest BCUT2D eigenvalue weighted by Gasteiger charge is -2.29. The number of benzene rings is 2. The molecule has 1 saturated heterocycles. The molecule has 2 aromatic carbocycles. The van der Waals surface area contributed by atoms with Gasteiger partial charge in [-0.1, -0.05) is 34.2 Å². The molecule has 1 aliphatic rings. The van der Waals surface area contributed by atoms with Gasteiger partial charge in [-0.05, 0) is 61.2 Å². The molecule has 0 saturated carbocycles. The lowest BCUT2D eigenvalue weighted by molar-refractivity contribution is 0.0997. The highest BCUT2D eigenvalue weighted by Gasteiger charge is 2.28. The summed E-state index contributed by atoms with van der Waals surface area (Å²) in [6.45, 7) is 4.26. The maximum Gasteiger partial charge on any atom is 0.279 e. The van der Waals surface area contributed by atoms with Gasteiger partial charge in [0, 0.05) is 36.8 Å². The molecule has 10 heteroatoms. The quantitative estimate of drug-likeness (QED) is 0.458. The van der Waals surface area contributed by atoms with Crippen molar-refractivity contribution in [3.8, 4) is 0 Å². The van der Waals surface area contributed by atoms with Crippen molar-refractivity contribution in [2.75, 3.05) is 26.8 Å². The topological polar surface area (TPSA) is 81.0 Å². The van der Waals surface area contributed by atoms with E-state index in [1.54, 1.807) is 7.11 Å². The van der Waals surface area contributed by atoms with Crippen LogP contribution in [0.5, 0.6) is 0 Å². The van der Waals surface area contributed by atoms with Crippen molar-refractivity contribution in [3.05, 3.63) is 57.3 Å². The van der Waals surface area contributed by atoms with E-state index >= 15 is 0 Å². The number of carbonyl (C=O) groups is 1. The van der Waals surface area contributed by atoms with Crippen LogP contribution in [-0.2, 0) is 21.3 Å². The fourth-order valence-electron chi connectivity index (χ4n) is 3.83. The number of ether oxygens (including phenoxy) is 1. The number of piperidine rings is 1. The van der Waals surface area contributed by atoms with Gasteiger partial charge in [0.15, 0.2) is 4.80 Å². The van der Waals surface area contributed by atoms with Crippen LogP contribution in [0.15, 0.2) is 56.8 Å². The van der Waals surface area contributed by atoms with Crippen LogP contribution >= 0.6 is 27.3 Å². The van der Waals surface area contributed by atoms with Gasteiger partial charge in [0.25, 0.3) is 5.91 Å². The van der Waals surface area contributed by atoms with E-state index in [9.17, 15) is 13.2 Å². The highest BCUT2D eigenvalue weighted by Crippen LogP contribution is 2.24. The van der Waals surface area contributed by atoms with E-state index in [0.29, 0.717) is 42.5 Å². The summed E-state index contributed by atoms with van der Waals surface area (Å²) in [5, 5.41) is 0. The molecule has 0 bridgehead atoms. The summed E-state index contributed by atoms with van der Waals surface area (Å²) >= 11 is 4.91. The summed E-state index contributed by atoms with van der Waals surface area (Å²) in [6, 6.07) is 12.0. The van der Waals surface area contributed by atoms with Gasteiger partial charge in [-0.3, -0.25) is 4.79 Å². The van der Waals surface area contributed by atoms with Gasteiger partial charge in [0.05, 0.1) is 21.7 Å². The molecule has 0 aliphatic carbocycles. The molecule has 1 aromatic heterocycles. The highest BCUT2D eigenvalue weighted by molar-refractivity contribution is 9.10. The number of hydrogen-bond acceptors (Lipinski definition) is 5. The number of hydrogen-bond donors (Lipinski definition) is 0.